The molecule has 1 heterocycles. The van der Waals surface area contributed by atoms with Crippen molar-refractivity contribution in [3.8, 4) is 6.07 Å². The molecule has 1 aromatic heterocycles. The summed E-state index contributed by atoms with van der Waals surface area (Å²) in [5.74, 6) is -0.580. The highest BCUT2D eigenvalue weighted by atomic mass is 35.5. The predicted octanol–water partition coefficient (Wildman–Crippen LogP) is 1.39. The van der Waals surface area contributed by atoms with Crippen LogP contribution in [0.1, 0.15) is 16.1 Å². The molecule has 66 valence electrons. The summed E-state index contributed by atoms with van der Waals surface area (Å²) in [4.78, 5) is 14.7. The first-order chi connectivity index (χ1) is 6.20. The third-order valence-electron chi connectivity index (χ3n) is 1.40. The Bertz CT molecular complexity index is 384. The van der Waals surface area contributed by atoms with Crippen LogP contribution in [0.3, 0.4) is 0 Å². The molecule has 0 unspecified atom stereocenters. The van der Waals surface area contributed by atoms with E-state index >= 15 is 0 Å². The van der Waals surface area contributed by atoms with Gasteiger partial charge in [0.1, 0.15) is 6.07 Å². The predicted molar refractivity (Wildman–Crippen MR) is 45.3 cm³/mol. The molecule has 0 radical (unpaired) electrons. The Morgan fingerprint density at radius 2 is 2.46 bits per heavy atom. The molecule has 0 aliphatic carbocycles. The van der Waals surface area contributed by atoms with Gasteiger partial charge in [-0.25, -0.2) is 9.78 Å². The van der Waals surface area contributed by atoms with Gasteiger partial charge in [-0.1, -0.05) is 11.6 Å². The van der Waals surface area contributed by atoms with E-state index in [1.54, 1.807) is 6.07 Å². The first-order valence-corrected chi connectivity index (χ1v) is 3.71. The van der Waals surface area contributed by atoms with Crippen molar-refractivity contribution in [2.45, 2.75) is 0 Å². The summed E-state index contributed by atoms with van der Waals surface area (Å²) in [6.07, 6.45) is 1.33. The van der Waals surface area contributed by atoms with Gasteiger partial charge in [-0.05, 0) is 6.07 Å². The average Bonchev–Trinajstić information content (AvgIpc) is 2.17. The third-order valence-corrected chi connectivity index (χ3v) is 1.78. The number of carbonyl (C=O) groups excluding carboxylic acids is 1. The maximum Gasteiger partial charge on any atom is 0.339 e. The fourth-order valence-electron chi connectivity index (χ4n) is 0.789. The number of pyridine rings is 1. The second-order valence-electron chi connectivity index (χ2n) is 2.12. The Labute approximate surface area is 79.7 Å². The highest BCUT2D eigenvalue weighted by Gasteiger charge is 2.13. The molecular weight excluding hydrogens is 192 g/mol. The van der Waals surface area contributed by atoms with Gasteiger partial charge >= 0.3 is 5.97 Å². The van der Waals surface area contributed by atoms with Crippen molar-refractivity contribution < 1.29 is 9.53 Å². The summed E-state index contributed by atoms with van der Waals surface area (Å²) >= 11 is 5.70. The van der Waals surface area contributed by atoms with Gasteiger partial charge in [0.2, 0.25) is 0 Å². The third kappa shape index (κ3) is 1.76. The Hall–Kier alpha value is -1.60. The number of ether oxygens (including phenoxy) is 1. The summed E-state index contributed by atoms with van der Waals surface area (Å²) in [6, 6.07) is 3.16. The zero-order valence-corrected chi connectivity index (χ0v) is 7.50. The molecule has 0 aliphatic heterocycles. The monoisotopic (exact) mass is 196 g/mol. The van der Waals surface area contributed by atoms with E-state index in [4.69, 9.17) is 16.9 Å². The number of hydrogen-bond donors (Lipinski definition) is 0. The van der Waals surface area contributed by atoms with Crippen molar-refractivity contribution >= 4 is 17.6 Å². The average molecular weight is 197 g/mol. The van der Waals surface area contributed by atoms with Gasteiger partial charge in [0.15, 0.2) is 5.69 Å². The molecular formula is C8H5ClN2O2. The standard InChI is InChI=1S/C8H5ClN2O2/c1-13-8(12)5-2-3-11-6(4-10)7(5)9/h2-3H,1H3. The highest BCUT2D eigenvalue weighted by molar-refractivity contribution is 6.34. The summed E-state index contributed by atoms with van der Waals surface area (Å²) in [5.41, 5.74) is 0.167. The van der Waals surface area contributed by atoms with Crippen LogP contribution in [0.25, 0.3) is 0 Å². The number of rotatable bonds is 1. The van der Waals surface area contributed by atoms with Crippen LogP contribution in [0.2, 0.25) is 5.02 Å². The van der Waals surface area contributed by atoms with Gasteiger partial charge in [-0.15, -0.1) is 0 Å². The minimum absolute atomic E-state index is 0.0181. The molecule has 5 heteroatoms. The molecule has 4 nitrogen and oxygen atoms in total. The van der Waals surface area contributed by atoms with Gasteiger partial charge in [0, 0.05) is 6.20 Å². The molecule has 0 amide bonds. The number of aromatic nitrogens is 1. The van der Waals surface area contributed by atoms with Crippen molar-refractivity contribution in [1.82, 2.24) is 4.98 Å². The maximum absolute atomic E-state index is 11.1. The molecule has 0 atom stereocenters. The smallest absolute Gasteiger partial charge is 0.339 e. The van der Waals surface area contributed by atoms with Gasteiger partial charge in [-0.3, -0.25) is 0 Å². The Morgan fingerprint density at radius 1 is 1.77 bits per heavy atom. The largest absolute Gasteiger partial charge is 0.465 e. The maximum atomic E-state index is 11.1. The van der Waals surface area contributed by atoms with Crippen LogP contribution in [0, 0.1) is 11.3 Å². The van der Waals surface area contributed by atoms with Crippen molar-refractivity contribution in [2.24, 2.45) is 0 Å². The number of esters is 1. The summed E-state index contributed by atoms with van der Waals surface area (Å²) < 4.78 is 4.46. The van der Waals surface area contributed by atoms with E-state index in [-0.39, 0.29) is 16.3 Å². The summed E-state index contributed by atoms with van der Waals surface area (Å²) in [5, 5.41) is 8.57. The molecule has 0 bridgehead atoms. The molecule has 13 heavy (non-hydrogen) atoms. The molecule has 0 N–H and O–H groups in total. The number of nitriles is 1. The van der Waals surface area contributed by atoms with E-state index in [0.717, 1.165) is 0 Å². The summed E-state index contributed by atoms with van der Waals surface area (Å²) in [6.45, 7) is 0. The number of nitrogens with zero attached hydrogens (tertiary/aromatic N) is 2. The van der Waals surface area contributed by atoms with Crippen molar-refractivity contribution in [1.29, 1.82) is 5.26 Å². The SMILES string of the molecule is COC(=O)c1ccnc(C#N)c1Cl. The van der Waals surface area contributed by atoms with Crippen LogP contribution in [0.15, 0.2) is 12.3 Å². The van der Waals surface area contributed by atoms with E-state index in [1.165, 1.54) is 19.4 Å². The summed E-state index contributed by atoms with van der Waals surface area (Å²) in [7, 11) is 1.24. The van der Waals surface area contributed by atoms with Crippen LogP contribution in [0.4, 0.5) is 0 Å². The Kier molecular flexibility index (Phi) is 2.83. The lowest BCUT2D eigenvalue weighted by Crippen LogP contribution is -2.03. The zero-order chi connectivity index (χ0) is 9.84. The number of halogens is 1. The lowest BCUT2D eigenvalue weighted by molar-refractivity contribution is 0.0601. The topological polar surface area (TPSA) is 63.0 Å². The fourth-order valence-corrected chi connectivity index (χ4v) is 1.02. The second-order valence-corrected chi connectivity index (χ2v) is 2.50. The van der Waals surface area contributed by atoms with E-state index in [1.807, 2.05) is 0 Å². The molecule has 0 fully saturated rings. The molecule has 0 saturated heterocycles. The van der Waals surface area contributed by atoms with Crippen LogP contribution in [0.5, 0.6) is 0 Å². The molecule has 1 rings (SSSR count). The van der Waals surface area contributed by atoms with Gasteiger partial charge in [0.05, 0.1) is 17.7 Å². The van der Waals surface area contributed by atoms with Crippen molar-refractivity contribution in [3.05, 3.63) is 28.5 Å². The highest BCUT2D eigenvalue weighted by Crippen LogP contribution is 2.18. The minimum Gasteiger partial charge on any atom is -0.465 e. The molecule has 1 aromatic rings. The van der Waals surface area contributed by atoms with E-state index in [9.17, 15) is 4.79 Å². The lowest BCUT2D eigenvalue weighted by Gasteiger charge is -2.01. The number of carbonyl (C=O) groups is 1. The molecule has 0 aromatic carbocycles. The first-order valence-electron chi connectivity index (χ1n) is 3.33. The van der Waals surface area contributed by atoms with Gasteiger partial charge in [-0.2, -0.15) is 5.26 Å². The van der Waals surface area contributed by atoms with E-state index in [0.29, 0.717) is 0 Å². The normalized spacial score (nSPS) is 9.00. The van der Waals surface area contributed by atoms with Crippen LogP contribution in [-0.2, 0) is 4.74 Å². The van der Waals surface area contributed by atoms with Crippen molar-refractivity contribution in [2.75, 3.05) is 7.11 Å². The number of hydrogen-bond acceptors (Lipinski definition) is 4. The van der Waals surface area contributed by atoms with Crippen LogP contribution in [-0.4, -0.2) is 18.1 Å². The lowest BCUT2D eigenvalue weighted by atomic mass is 10.2. The first kappa shape index (κ1) is 9.49. The second kappa shape index (κ2) is 3.87. The van der Waals surface area contributed by atoms with Crippen LogP contribution >= 0.6 is 11.6 Å². The molecule has 0 saturated carbocycles. The van der Waals surface area contributed by atoms with E-state index in [2.05, 4.69) is 9.72 Å². The zero-order valence-electron chi connectivity index (χ0n) is 6.74. The van der Waals surface area contributed by atoms with Gasteiger partial charge < -0.3 is 4.74 Å². The van der Waals surface area contributed by atoms with Crippen molar-refractivity contribution in [3.63, 3.8) is 0 Å². The minimum atomic E-state index is -0.580. The Morgan fingerprint density at radius 3 is 3.00 bits per heavy atom. The molecule has 0 aliphatic rings. The fraction of sp³-hybridized carbons (Fsp3) is 0.125. The Balaban J connectivity index is 3.25. The number of methoxy groups -OCH3 is 1. The van der Waals surface area contributed by atoms with Crippen LogP contribution < -0.4 is 0 Å². The molecule has 0 spiro atoms. The van der Waals surface area contributed by atoms with E-state index < -0.39 is 5.97 Å². The quantitative estimate of drug-likeness (QED) is 0.637. The van der Waals surface area contributed by atoms with Gasteiger partial charge in [0.25, 0.3) is 0 Å².